The lowest BCUT2D eigenvalue weighted by atomic mass is 9.48. The fourth-order valence-electron chi connectivity index (χ4n) is 6.83. The predicted octanol–water partition coefficient (Wildman–Crippen LogP) is 0.480. The van der Waals surface area contributed by atoms with Gasteiger partial charge in [-0.2, -0.15) is 0 Å². The third-order valence-electron chi connectivity index (χ3n) is 8.26. The highest BCUT2D eigenvalue weighted by Crippen LogP contribution is 2.65. The molecule has 2 bridgehead atoms. The fourth-order valence-corrected chi connectivity index (χ4v) is 6.83. The van der Waals surface area contributed by atoms with Crippen molar-refractivity contribution in [3.05, 3.63) is 23.3 Å². The smallest absolute Gasteiger partial charge is 0.165 e. The van der Waals surface area contributed by atoms with Gasteiger partial charge in [0.2, 0.25) is 0 Å². The van der Waals surface area contributed by atoms with Crippen molar-refractivity contribution in [3.8, 4) is 11.5 Å². The Bertz CT molecular complexity index is 789. The molecule has 2 saturated carbocycles. The van der Waals surface area contributed by atoms with Gasteiger partial charge < -0.3 is 31.0 Å². The number of phenolic OH excluding ortho intramolecular Hbond substituents is 1. The van der Waals surface area contributed by atoms with Gasteiger partial charge in [0.1, 0.15) is 6.10 Å². The van der Waals surface area contributed by atoms with Crippen molar-refractivity contribution >= 4 is 12.4 Å². The number of rotatable bonds is 2. The molecule has 3 fully saturated rings. The molecule has 6 rings (SSSR count). The summed E-state index contributed by atoms with van der Waals surface area (Å²) in [7, 11) is 0. The first-order valence-electron chi connectivity index (χ1n) is 10.2. The van der Waals surface area contributed by atoms with E-state index in [1.54, 1.807) is 6.07 Å². The second-order valence-electron chi connectivity index (χ2n) is 9.25. The van der Waals surface area contributed by atoms with E-state index in [1.807, 2.05) is 6.07 Å². The number of ether oxygens (including phenoxy) is 1. The Balaban J connectivity index is 0.000000801. The maximum Gasteiger partial charge on any atom is 0.165 e. The maximum atomic E-state index is 12.1. The molecule has 0 aromatic heterocycles. The molecule has 2 aliphatic heterocycles. The van der Waals surface area contributed by atoms with Gasteiger partial charge in [0, 0.05) is 18.2 Å². The molecule has 0 amide bonds. The Morgan fingerprint density at radius 3 is 2.59 bits per heavy atom. The summed E-state index contributed by atoms with van der Waals surface area (Å²) in [4.78, 5) is 2.53. The molecular formula is C21H32ClNO6. The average molecular weight is 430 g/mol. The zero-order chi connectivity index (χ0) is 17.7. The summed E-state index contributed by atoms with van der Waals surface area (Å²) < 4.78 is 6.16. The summed E-state index contributed by atoms with van der Waals surface area (Å²) in [6.07, 6.45) is 5.68. The SMILES string of the molecule is Cl.O.O.Oc1ccc2c3c1OC1C(O)CCC4(O)C(C2)N(CC2CCC2)CCC314. The van der Waals surface area contributed by atoms with Gasteiger partial charge in [0.15, 0.2) is 11.5 Å². The number of aromatic hydroxyl groups is 1. The molecule has 1 aromatic rings. The van der Waals surface area contributed by atoms with Crippen LogP contribution >= 0.6 is 12.4 Å². The van der Waals surface area contributed by atoms with E-state index in [0.717, 1.165) is 37.4 Å². The van der Waals surface area contributed by atoms with E-state index in [0.29, 0.717) is 18.6 Å². The minimum Gasteiger partial charge on any atom is -0.504 e. The largest absolute Gasteiger partial charge is 0.504 e. The second kappa shape index (κ2) is 7.25. The zero-order valence-electron chi connectivity index (χ0n) is 16.4. The van der Waals surface area contributed by atoms with Crippen LogP contribution < -0.4 is 4.74 Å². The summed E-state index contributed by atoms with van der Waals surface area (Å²) in [5.74, 6) is 1.42. The lowest BCUT2D eigenvalue weighted by Gasteiger charge is -2.64. The molecule has 8 heteroatoms. The van der Waals surface area contributed by atoms with Crippen LogP contribution in [0.1, 0.15) is 49.7 Å². The highest BCUT2D eigenvalue weighted by atomic mass is 35.5. The van der Waals surface area contributed by atoms with Crippen LogP contribution in [0.2, 0.25) is 0 Å². The first-order valence-corrected chi connectivity index (χ1v) is 10.2. The van der Waals surface area contributed by atoms with Crippen molar-refractivity contribution in [2.75, 3.05) is 13.1 Å². The molecule has 1 aromatic carbocycles. The van der Waals surface area contributed by atoms with Crippen LogP contribution in [0.5, 0.6) is 11.5 Å². The Morgan fingerprint density at radius 2 is 1.90 bits per heavy atom. The van der Waals surface area contributed by atoms with E-state index < -0.39 is 23.2 Å². The maximum absolute atomic E-state index is 12.1. The van der Waals surface area contributed by atoms with Gasteiger partial charge in [-0.3, -0.25) is 4.90 Å². The molecule has 7 N–H and O–H groups in total. The molecule has 1 saturated heterocycles. The number of hydrogen-bond acceptors (Lipinski definition) is 5. The molecule has 5 unspecified atom stereocenters. The molecule has 7 nitrogen and oxygen atoms in total. The fraction of sp³-hybridized carbons (Fsp3) is 0.714. The third-order valence-corrected chi connectivity index (χ3v) is 8.26. The van der Waals surface area contributed by atoms with Gasteiger partial charge in [-0.15, -0.1) is 12.4 Å². The number of likely N-dealkylation sites (tertiary alicyclic amines) is 1. The van der Waals surface area contributed by atoms with Gasteiger partial charge in [-0.25, -0.2) is 0 Å². The highest BCUT2D eigenvalue weighted by Gasteiger charge is 2.72. The minimum absolute atomic E-state index is 0. The number of aliphatic hydroxyl groups excluding tert-OH is 1. The molecule has 2 heterocycles. The standard InChI is InChI=1S/C21H27NO4.ClH.2H2O/c23-14-5-4-13-10-16-21(25)7-6-15(24)19-20(21,17(13)18(14)26-19)8-9-22(16)11-12-2-1-3-12;;;/h4-5,12,15-16,19,23-25H,1-3,6-11H2;1H;2*1H2. The lowest BCUT2D eigenvalue weighted by Crippen LogP contribution is -2.77. The van der Waals surface area contributed by atoms with Gasteiger partial charge >= 0.3 is 0 Å². The summed E-state index contributed by atoms with van der Waals surface area (Å²) in [5.41, 5.74) is 0.712. The number of phenols is 1. The second-order valence-corrected chi connectivity index (χ2v) is 9.25. The molecule has 1 spiro atoms. The van der Waals surface area contributed by atoms with Crippen molar-refractivity contribution in [2.24, 2.45) is 5.92 Å². The Labute approximate surface area is 176 Å². The minimum atomic E-state index is -0.884. The molecule has 5 atom stereocenters. The highest BCUT2D eigenvalue weighted by molar-refractivity contribution is 5.85. The van der Waals surface area contributed by atoms with Gasteiger partial charge in [-0.05, 0) is 62.6 Å². The average Bonchev–Trinajstić information content (AvgIpc) is 2.93. The summed E-state index contributed by atoms with van der Waals surface area (Å²) in [5, 5.41) is 33.2. The third kappa shape index (κ3) is 2.55. The monoisotopic (exact) mass is 429 g/mol. The summed E-state index contributed by atoms with van der Waals surface area (Å²) in [6, 6.07) is 3.80. The van der Waals surface area contributed by atoms with Crippen LogP contribution in [0.4, 0.5) is 0 Å². The molecule has 29 heavy (non-hydrogen) atoms. The van der Waals surface area contributed by atoms with Crippen LogP contribution in [-0.4, -0.2) is 68.1 Å². The van der Waals surface area contributed by atoms with Crippen LogP contribution in [0.25, 0.3) is 0 Å². The molecule has 3 aliphatic carbocycles. The topological polar surface area (TPSA) is 136 Å². The molecule has 164 valence electrons. The Morgan fingerprint density at radius 1 is 1.14 bits per heavy atom. The predicted molar refractivity (Wildman–Crippen MR) is 110 cm³/mol. The number of benzene rings is 1. The van der Waals surface area contributed by atoms with Crippen molar-refractivity contribution in [1.82, 2.24) is 4.90 Å². The van der Waals surface area contributed by atoms with Crippen LogP contribution in [-0.2, 0) is 11.8 Å². The quantitative estimate of drug-likeness (QED) is 0.628. The van der Waals surface area contributed by atoms with Crippen LogP contribution in [0.15, 0.2) is 12.1 Å². The Kier molecular flexibility index (Phi) is 5.65. The van der Waals surface area contributed by atoms with Gasteiger partial charge in [0.05, 0.1) is 17.1 Å². The zero-order valence-corrected chi connectivity index (χ0v) is 17.2. The number of aliphatic hydroxyl groups is 2. The van der Waals surface area contributed by atoms with Crippen LogP contribution in [0, 0.1) is 5.92 Å². The van der Waals surface area contributed by atoms with Gasteiger partial charge in [0.25, 0.3) is 0 Å². The first kappa shape index (κ1) is 22.6. The van der Waals surface area contributed by atoms with E-state index in [1.165, 1.54) is 24.8 Å². The van der Waals surface area contributed by atoms with Crippen molar-refractivity contribution in [1.29, 1.82) is 0 Å². The van der Waals surface area contributed by atoms with Crippen LogP contribution in [0.3, 0.4) is 0 Å². The summed E-state index contributed by atoms with van der Waals surface area (Å²) in [6.45, 7) is 2.02. The number of halogens is 1. The van der Waals surface area contributed by atoms with Gasteiger partial charge in [-0.1, -0.05) is 12.5 Å². The normalized spacial score (nSPS) is 39.0. The van der Waals surface area contributed by atoms with Crippen molar-refractivity contribution in [3.63, 3.8) is 0 Å². The Hall–Kier alpha value is -1.09. The van der Waals surface area contributed by atoms with Crippen molar-refractivity contribution in [2.45, 2.75) is 74.2 Å². The number of hydrogen-bond donors (Lipinski definition) is 3. The molecule has 5 aliphatic rings. The number of nitrogens with zero attached hydrogens (tertiary/aromatic N) is 1. The summed E-state index contributed by atoms with van der Waals surface area (Å²) >= 11 is 0. The van der Waals surface area contributed by atoms with E-state index in [9.17, 15) is 15.3 Å². The number of piperidine rings is 1. The molecule has 0 radical (unpaired) electrons. The van der Waals surface area contributed by atoms with E-state index in [4.69, 9.17) is 4.74 Å². The first-order chi connectivity index (χ1) is 12.5. The van der Waals surface area contributed by atoms with E-state index >= 15 is 0 Å². The van der Waals surface area contributed by atoms with Crippen molar-refractivity contribution < 1.29 is 31.0 Å². The van der Waals surface area contributed by atoms with E-state index in [2.05, 4.69) is 4.90 Å². The molecular weight excluding hydrogens is 398 g/mol. The lowest BCUT2D eigenvalue weighted by molar-refractivity contribution is -0.209. The van der Waals surface area contributed by atoms with E-state index in [-0.39, 0.29) is 35.2 Å².